The Morgan fingerprint density at radius 3 is 2.39 bits per heavy atom. The molecule has 0 aromatic heterocycles. The molecule has 0 heterocycles. The van der Waals surface area contributed by atoms with Crippen molar-refractivity contribution in [2.75, 3.05) is 7.11 Å². The highest BCUT2D eigenvalue weighted by molar-refractivity contribution is 5.41. The van der Waals surface area contributed by atoms with Crippen LogP contribution in [-0.2, 0) is 0 Å². The molecule has 2 aliphatic rings. The lowest BCUT2D eigenvalue weighted by Crippen LogP contribution is -2.16. The molecule has 4 atom stereocenters. The minimum atomic E-state index is 0.425. The number of hydrogen-bond acceptors (Lipinski definition) is 1. The van der Waals surface area contributed by atoms with Gasteiger partial charge < -0.3 is 4.74 Å². The zero-order valence-corrected chi connectivity index (χ0v) is 13.3. The normalized spacial score (nSPS) is 27.5. The third-order valence-corrected chi connectivity index (χ3v) is 5.12. The maximum Gasteiger partial charge on any atom is 0.118 e. The first kappa shape index (κ1) is 14.2. The third kappa shape index (κ3) is 2.66. The second kappa shape index (κ2) is 5.97. The standard InChI is InChI=1S/C22H20O/c1-23-20-12-7-16(8-13-20)9-14-21-18-10-11-19(15-18)22(21)17-5-3-2-4-6-17/h2-8,10-13,18-19,21-22H,15H2,1H3. The zero-order valence-electron chi connectivity index (χ0n) is 13.3. The van der Waals surface area contributed by atoms with E-state index < -0.39 is 0 Å². The first-order valence-electron chi connectivity index (χ1n) is 8.24. The molecule has 0 saturated heterocycles. The SMILES string of the molecule is COc1ccc(C#CC2C3C=CC(C3)C2c2ccccc2)cc1. The Morgan fingerprint density at radius 2 is 1.65 bits per heavy atom. The Bertz CT molecular complexity index is 761. The van der Waals surface area contributed by atoms with E-state index in [1.807, 2.05) is 24.3 Å². The Balaban J connectivity index is 1.62. The fraction of sp³-hybridized carbons (Fsp3) is 0.273. The summed E-state index contributed by atoms with van der Waals surface area (Å²) in [6.45, 7) is 0. The first-order chi connectivity index (χ1) is 11.3. The molecule has 0 aliphatic heterocycles. The molecule has 0 spiro atoms. The predicted molar refractivity (Wildman–Crippen MR) is 93.3 cm³/mol. The topological polar surface area (TPSA) is 9.23 Å². The highest BCUT2D eigenvalue weighted by Gasteiger charge is 2.44. The van der Waals surface area contributed by atoms with Crippen molar-refractivity contribution in [2.45, 2.75) is 12.3 Å². The molecule has 0 amide bonds. The number of fused-ring (bicyclic) bond motifs is 2. The lowest BCUT2D eigenvalue weighted by atomic mass is 9.79. The molecule has 1 nitrogen and oxygen atoms in total. The summed E-state index contributed by atoms with van der Waals surface area (Å²) in [5, 5.41) is 0. The second-order valence-corrected chi connectivity index (χ2v) is 6.41. The average molecular weight is 300 g/mol. The highest BCUT2D eigenvalue weighted by Crippen LogP contribution is 2.52. The lowest BCUT2D eigenvalue weighted by Gasteiger charge is -2.24. The van der Waals surface area contributed by atoms with Crippen molar-refractivity contribution in [3.8, 4) is 17.6 Å². The Kier molecular flexibility index (Phi) is 3.67. The molecule has 1 fully saturated rings. The minimum absolute atomic E-state index is 0.425. The van der Waals surface area contributed by atoms with Crippen LogP contribution in [0.15, 0.2) is 66.7 Å². The minimum Gasteiger partial charge on any atom is -0.497 e. The van der Waals surface area contributed by atoms with Gasteiger partial charge in [-0.05, 0) is 48.1 Å². The molecule has 2 aromatic carbocycles. The summed E-state index contributed by atoms with van der Waals surface area (Å²) in [7, 11) is 1.69. The van der Waals surface area contributed by atoms with Crippen molar-refractivity contribution in [1.29, 1.82) is 0 Å². The number of hydrogen-bond donors (Lipinski definition) is 0. The van der Waals surface area contributed by atoms with Crippen molar-refractivity contribution >= 4 is 0 Å². The van der Waals surface area contributed by atoms with Gasteiger partial charge in [0.15, 0.2) is 0 Å². The summed E-state index contributed by atoms with van der Waals surface area (Å²) in [5.41, 5.74) is 2.49. The smallest absolute Gasteiger partial charge is 0.118 e. The number of methoxy groups -OCH3 is 1. The summed E-state index contributed by atoms with van der Waals surface area (Å²) < 4.78 is 5.20. The van der Waals surface area contributed by atoms with E-state index in [0.717, 1.165) is 11.3 Å². The van der Waals surface area contributed by atoms with Crippen LogP contribution in [0, 0.1) is 29.6 Å². The van der Waals surface area contributed by atoms with Crippen LogP contribution in [0.1, 0.15) is 23.5 Å². The molecule has 2 aromatic rings. The average Bonchev–Trinajstić information content (AvgIpc) is 3.22. The Morgan fingerprint density at radius 1 is 0.913 bits per heavy atom. The van der Waals surface area contributed by atoms with Crippen LogP contribution < -0.4 is 4.74 Å². The molecule has 1 saturated carbocycles. The van der Waals surface area contributed by atoms with Crippen molar-refractivity contribution < 1.29 is 4.74 Å². The van der Waals surface area contributed by atoms with Gasteiger partial charge in [-0.3, -0.25) is 0 Å². The van der Waals surface area contributed by atoms with Crippen LogP contribution >= 0.6 is 0 Å². The molecule has 0 radical (unpaired) electrons. The number of allylic oxidation sites excluding steroid dienone is 2. The van der Waals surface area contributed by atoms with E-state index in [2.05, 4.69) is 54.3 Å². The maximum atomic E-state index is 5.20. The van der Waals surface area contributed by atoms with E-state index >= 15 is 0 Å². The molecule has 114 valence electrons. The van der Waals surface area contributed by atoms with Crippen LogP contribution in [0.3, 0.4) is 0 Å². The van der Waals surface area contributed by atoms with Crippen molar-refractivity contribution in [3.63, 3.8) is 0 Å². The summed E-state index contributed by atoms with van der Waals surface area (Å²) in [6, 6.07) is 18.9. The van der Waals surface area contributed by atoms with Gasteiger partial charge in [0.25, 0.3) is 0 Å². The predicted octanol–water partition coefficient (Wildman–Crippen LogP) is 4.65. The van der Waals surface area contributed by atoms with E-state index in [4.69, 9.17) is 4.74 Å². The van der Waals surface area contributed by atoms with E-state index in [-0.39, 0.29) is 0 Å². The molecule has 1 heteroatoms. The zero-order chi connectivity index (χ0) is 15.6. The van der Waals surface area contributed by atoms with Gasteiger partial charge in [-0.15, -0.1) is 0 Å². The molecular weight excluding hydrogens is 280 g/mol. The van der Waals surface area contributed by atoms with Gasteiger partial charge in [0.2, 0.25) is 0 Å². The summed E-state index contributed by atoms with van der Waals surface area (Å²) in [4.78, 5) is 0. The van der Waals surface area contributed by atoms with Crippen LogP contribution in [-0.4, -0.2) is 7.11 Å². The first-order valence-corrected chi connectivity index (χ1v) is 8.24. The monoisotopic (exact) mass is 300 g/mol. The van der Waals surface area contributed by atoms with Crippen LogP contribution in [0.25, 0.3) is 0 Å². The number of rotatable bonds is 2. The maximum absolute atomic E-state index is 5.20. The number of benzene rings is 2. The van der Waals surface area contributed by atoms with Crippen molar-refractivity contribution in [1.82, 2.24) is 0 Å². The van der Waals surface area contributed by atoms with Gasteiger partial charge in [0.05, 0.1) is 7.11 Å². The second-order valence-electron chi connectivity index (χ2n) is 6.41. The van der Waals surface area contributed by atoms with Gasteiger partial charge in [-0.2, -0.15) is 0 Å². The van der Waals surface area contributed by atoms with Crippen LogP contribution in [0.2, 0.25) is 0 Å². The fourth-order valence-corrected chi connectivity index (χ4v) is 3.99. The quantitative estimate of drug-likeness (QED) is 0.579. The van der Waals surface area contributed by atoms with Gasteiger partial charge in [0.1, 0.15) is 5.75 Å². The molecule has 2 bridgehead atoms. The molecule has 23 heavy (non-hydrogen) atoms. The van der Waals surface area contributed by atoms with Gasteiger partial charge >= 0.3 is 0 Å². The Hall–Kier alpha value is -2.46. The summed E-state index contributed by atoms with van der Waals surface area (Å²) in [5.74, 6) is 10.1. The van der Waals surface area contributed by atoms with Crippen LogP contribution in [0.4, 0.5) is 0 Å². The van der Waals surface area contributed by atoms with Gasteiger partial charge in [-0.25, -0.2) is 0 Å². The molecule has 2 aliphatic carbocycles. The van der Waals surface area contributed by atoms with Crippen molar-refractivity contribution in [3.05, 3.63) is 77.9 Å². The van der Waals surface area contributed by atoms with Crippen molar-refractivity contribution in [2.24, 2.45) is 17.8 Å². The molecular formula is C22H20O. The fourth-order valence-electron chi connectivity index (χ4n) is 3.99. The summed E-state index contributed by atoms with van der Waals surface area (Å²) in [6.07, 6.45) is 6.02. The molecule has 0 N–H and O–H groups in total. The van der Waals surface area contributed by atoms with E-state index in [1.54, 1.807) is 7.11 Å². The number of ether oxygens (including phenoxy) is 1. The van der Waals surface area contributed by atoms with E-state index in [9.17, 15) is 0 Å². The van der Waals surface area contributed by atoms with Gasteiger partial charge in [0, 0.05) is 17.4 Å². The highest BCUT2D eigenvalue weighted by atomic mass is 16.5. The molecule has 4 unspecified atom stereocenters. The third-order valence-electron chi connectivity index (χ3n) is 5.12. The van der Waals surface area contributed by atoms with E-state index in [1.165, 1.54) is 12.0 Å². The Labute approximate surface area is 138 Å². The lowest BCUT2D eigenvalue weighted by molar-refractivity contribution is 0.415. The van der Waals surface area contributed by atoms with Gasteiger partial charge in [-0.1, -0.05) is 54.3 Å². The largest absolute Gasteiger partial charge is 0.497 e. The molecule has 4 rings (SSSR count). The summed E-state index contributed by atoms with van der Waals surface area (Å²) >= 11 is 0. The van der Waals surface area contributed by atoms with E-state index in [0.29, 0.717) is 23.7 Å². The van der Waals surface area contributed by atoms with Crippen LogP contribution in [0.5, 0.6) is 5.75 Å².